The van der Waals surface area contributed by atoms with Gasteiger partial charge in [0.2, 0.25) is 0 Å². The molecule has 3 nitrogen and oxygen atoms in total. The van der Waals surface area contributed by atoms with Gasteiger partial charge in [-0.1, -0.05) is 13.0 Å². The van der Waals surface area contributed by atoms with Gasteiger partial charge in [0.05, 0.1) is 6.42 Å². The second kappa shape index (κ2) is 5.38. The van der Waals surface area contributed by atoms with Crippen LogP contribution < -0.4 is 4.90 Å². The van der Waals surface area contributed by atoms with Crippen LogP contribution in [-0.4, -0.2) is 24.2 Å². The molecule has 0 unspecified atom stereocenters. The molecule has 1 N–H and O–H groups in total. The summed E-state index contributed by atoms with van der Waals surface area (Å²) in [5, 5.41) is 8.87. The number of piperidine rings is 1. The first-order valence-electron chi connectivity index (χ1n) is 6.32. The van der Waals surface area contributed by atoms with Gasteiger partial charge in [-0.15, -0.1) is 0 Å². The second-order valence-electron chi connectivity index (χ2n) is 4.98. The highest BCUT2D eigenvalue weighted by Crippen LogP contribution is 2.28. The molecule has 0 amide bonds. The Morgan fingerprint density at radius 2 is 2.11 bits per heavy atom. The summed E-state index contributed by atoms with van der Waals surface area (Å²) in [5.74, 6) is -0.724. The molecule has 0 atom stereocenters. The van der Waals surface area contributed by atoms with Crippen molar-refractivity contribution in [2.45, 2.75) is 26.2 Å². The zero-order valence-corrected chi connectivity index (χ0v) is 10.5. The van der Waals surface area contributed by atoms with Crippen LogP contribution in [0, 0.1) is 11.7 Å². The Labute approximate surface area is 106 Å². The molecular formula is C14H18FNO2. The second-order valence-corrected chi connectivity index (χ2v) is 4.98. The molecule has 0 aromatic heterocycles. The van der Waals surface area contributed by atoms with E-state index in [1.54, 1.807) is 6.07 Å². The summed E-state index contributed by atoms with van der Waals surface area (Å²) in [7, 11) is 0. The van der Waals surface area contributed by atoms with Crippen molar-refractivity contribution in [3.05, 3.63) is 29.6 Å². The molecule has 1 aliphatic rings. The Hall–Kier alpha value is -1.58. The minimum Gasteiger partial charge on any atom is -0.481 e. The predicted octanol–water partition coefficient (Wildman–Crippen LogP) is 2.69. The normalized spacial score (nSPS) is 16.9. The number of carboxylic acid groups (broad SMARTS) is 1. The third kappa shape index (κ3) is 2.81. The quantitative estimate of drug-likeness (QED) is 0.898. The van der Waals surface area contributed by atoms with Gasteiger partial charge < -0.3 is 10.0 Å². The van der Waals surface area contributed by atoms with Crippen LogP contribution in [0.15, 0.2) is 18.2 Å². The van der Waals surface area contributed by atoms with Crippen LogP contribution in [0.2, 0.25) is 0 Å². The molecule has 0 aliphatic carbocycles. The number of hydrogen-bond acceptors (Lipinski definition) is 2. The van der Waals surface area contributed by atoms with Crippen molar-refractivity contribution in [1.82, 2.24) is 0 Å². The van der Waals surface area contributed by atoms with Gasteiger partial charge in [-0.25, -0.2) is 4.39 Å². The molecule has 1 saturated heterocycles. The topological polar surface area (TPSA) is 40.5 Å². The standard InChI is InChI=1S/C14H18FNO2/c1-10-5-7-16(8-6-10)13-4-2-3-12(15)11(13)9-14(17)18/h2-4,10H,5-9H2,1H3,(H,17,18). The van der Waals surface area contributed by atoms with E-state index >= 15 is 0 Å². The lowest BCUT2D eigenvalue weighted by Crippen LogP contribution is -2.33. The van der Waals surface area contributed by atoms with Crippen LogP contribution in [0.5, 0.6) is 0 Å². The van der Waals surface area contributed by atoms with Crippen LogP contribution >= 0.6 is 0 Å². The lowest BCUT2D eigenvalue weighted by Gasteiger charge is -2.33. The van der Waals surface area contributed by atoms with Gasteiger partial charge in [-0.3, -0.25) is 4.79 Å². The number of hydrogen-bond donors (Lipinski definition) is 1. The molecule has 0 bridgehead atoms. The number of anilines is 1. The van der Waals surface area contributed by atoms with Crippen LogP contribution in [0.25, 0.3) is 0 Å². The molecule has 1 heterocycles. The molecular weight excluding hydrogens is 233 g/mol. The highest BCUT2D eigenvalue weighted by molar-refractivity contribution is 5.74. The van der Waals surface area contributed by atoms with Crippen molar-refractivity contribution < 1.29 is 14.3 Å². The smallest absolute Gasteiger partial charge is 0.308 e. The Morgan fingerprint density at radius 3 is 2.72 bits per heavy atom. The largest absolute Gasteiger partial charge is 0.481 e. The van der Waals surface area contributed by atoms with Gasteiger partial charge in [-0.2, -0.15) is 0 Å². The SMILES string of the molecule is CC1CCN(c2cccc(F)c2CC(=O)O)CC1. The first-order valence-corrected chi connectivity index (χ1v) is 6.32. The Kier molecular flexibility index (Phi) is 3.84. The molecule has 0 spiro atoms. The minimum absolute atomic E-state index is 0.256. The van der Waals surface area contributed by atoms with Gasteiger partial charge in [0.15, 0.2) is 0 Å². The minimum atomic E-state index is -0.994. The van der Waals surface area contributed by atoms with Crippen molar-refractivity contribution in [3.63, 3.8) is 0 Å². The lowest BCUT2D eigenvalue weighted by molar-refractivity contribution is -0.136. The summed E-state index contributed by atoms with van der Waals surface area (Å²) in [6.07, 6.45) is 1.89. The first kappa shape index (κ1) is 12.9. The number of carboxylic acids is 1. The number of benzene rings is 1. The van der Waals surface area contributed by atoms with E-state index in [0.29, 0.717) is 11.5 Å². The van der Waals surface area contributed by atoms with Crippen molar-refractivity contribution in [2.24, 2.45) is 5.92 Å². The molecule has 4 heteroatoms. The van der Waals surface area contributed by atoms with Gasteiger partial charge in [0.1, 0.15) is 5.82 Å². The summed E-state index contributed by atoms with van der Waals surface area (Å²) in [6, 6.07) is 4.79. The maximum atomic E-state index is 13.8. The monoisotopic (exact) mass is 251 g/mol. The molecule has 1 aromatic rings. The van der Waals surface area contributed by atoms with Crippen LogP contribution in [0.1, 0.15) is 25.3 Å². The average Bonchev–Trinajstić information content (AvgIpc) is 2.32. The van der Waals surface area contributed by atoms with Gasteiger partial charge in [0, 0.05) is 24.3 Å². The van der Waals surface area contributed by atoms with Crippen LogP contribution in [0.4, 0.5) is 10.1 Å². The van der Waals surface area contributed by atoms with E-state index in [4.69, 9.17) is 5.11 Å². The van der Waals surface area contributed by atoms with Crippen molar-refractivity contribution in [3.8, 4) is 0 Å². The zero-order valence-electron chi connectivity index (χ0n) is 10.5. The summed E-state index contributed by atoms with van der Waals surface area (Å²) >= 11 is 0. The van der Waals surface area contributed by atoms with E-state index in [0.717, 1.165) is 31.6 Å². The average molecular weight is 251 g/mol. The van der Waals surface area contributed by atoms with E-state index in [-0.39, 0.29) is 6.42 Å². The highest BCUT2D eigenvalue weighted by Gasteiger charge is 2.20. The summed E-state index contributed by atoms with van der Waals surface area (Å²) in [6.45, 7) is 3.95. The number of carbonyl (C=O) groups is 1. The first-order chi connectivity index (χ1) is 8.58. The van der Waals surface area contributed by atoms with E-state index in [1.807, 2.05) is 6.07 Å². The van der Waals surface area contributed by atoms with E-state index in [2.05, 4.69) is 11.8 Å². The molecule has 1 fully saturated rings. The Morgan fingerprint density at radius 1 is 1.44 bits per heavy atom. The molecule has 1 aromatic carbocycles. The van der Waals surface area contributed by atoms with E-state index < -0.39 is 11.8 Å². The fourth-order valence-corrected chi connectivity index (χ4v) is 2.42. The van der Waals surface area contributed by atoms with Crippen LogP contribution in [0.3, 0.4) is 0 Å². The molecule has 0 radical (unpaired) electrons. The third-order valence-electron chi connectivity index (χ3n) is 3.55. The van der Waals surface area contributed by atoms with Crippen LogP contribution in [-0.2, 0) is 11.2 Å². The molecule has 18 heavy (non-hydrogen) atoms. The molecule has 1 aliphatic heterocycles. The van der Waals surface area contributed by atoms with Gasteiger partial charge >= 0.3 is 5.97 Å². The van der Waals surface area contributed by atoms with Gasteiger partial charge in [-0.05, 0) is 30.9 Å². The number of aliphatic carboxylic acids is 1. The molecule has 98 valence electrons. The van der Waals surface area contributed by atoms with E-state index in [1.165, 1.54) is 6.07 Å². The van der Waals surface area contributed by atoms with Crippen molar-refractivity contribution in [2.75, 3.05) is 18.0 Å². The van der Waals surface area contributed by atoms with Gasteiger partial charge in [0.25, 0.3) is 0 Å². The number of rotatable bonds is 3. The zero-order chi connectivity index (χ0) is 13.1. The van der Waals surface area contributed by atoms with E-state index in [9.17, 15) is 9.18 Å². The Bertz CT molecular complexity index is 439. The number of halogens is 1. The maximum Gasteiger partial charge on any atom is 0.308 e. The van der Waals surface area contributed by atoms with Crippen molar-refractivity contribution in [1.29, 1.82) is 0 Å². The summed E-state index contributed by atoms with van der Waals surface area (Å²) in [4.78, 5) is 12.9. The molecule has 2 rings (SSSR count). The summed E-state index contributed by atoms with van der Waals surface area (Å²) < 4.78 is 13.8. The fourth-order valence-electron chi connectivity index (χ4n) is 2.42. The Balaban J connectivity index is 2.26. The third-order valence-corrected chi connectivity index (χ3v) is 3.55. The maximum absolute atomic E-state index is 13.8. The highest BCUT2D eigenvalue weighted by atomic mass is 19.1. The van der Waals surface area contributed by atoms with Crippen molar-refractivity contribution >= 4 is 11.7 Å². The lowest BCUT2D eigenvalue weighted by atomic mass is 9.97. The fraction of sp³-hybridized carbons (Fsp3) is 0.500. The predicted molar refractivity (Wildman–Crippen MR) is 68.4 cm³/mol. The number of nitrogens with zero attached hydrogens (tertiary/aromatic N) is 1. The summed E-state index contributed by atoms with van der Waals surface area (Å²) in [5.41, 5.74) is 1.05. The molecule has 0 saturated carbocycles.